The lowest BCUT2D eigenvalue weighted by atomic mass is 9.74. The molecule has 1 fully saturated rings. The summed E-state index contributed by atoms with van der Waals surface area (Å²) in [6, 6.07) is 4.83. The molecule has 4 rings (SSSR count). The molecule has 1 aliphatic heterocycles. The molecule has 0 unspecified atom stereocenters. The lowest BCUT2D eigenvalue weighted by molar-refractivity contribution is -0.137. The fourth-order valence-electron chi connectivity index (χ4n) is 5.44. The van der Waals surface area contributed by atoms with Gasteiger partial charge in [0.1, 0.15) is 6.10 Å². The van der Waals surface area contributed by atoms with Crippen LogP contribution in [0.15, 0.2) is 24.3 Å². The molecule has 39 heavy (non-hydrogen) atoms. The summed E-state index contributed by atoms with van der Waals surface area (Å²) in [4.78, 5) is 5.27. The second kappa shape index (κ2) is 11.0. The Morgan fingerprint density at radius 2 is 1.69 bits per heavy atom. The van der Waals surface area contributed by atoms with E-state index in [-0.39, 0.29) is 22.5 Å². The molecule has 1 saturated heterocycles. The number of nitrogens with zero attached hydrogens (tertiary/aromatic N) is 1. The topological polar surface area (TPSA) is 51.6 Å². The monoisotopic (exact) mass is 675 g/mol. The molecular weight excluding hydrogens is 634 g/mol. The van der Waals surface area contributed by atoms with Crippen LogP contribution in [0.2, 0.25) is 18.1 Å². The van der Waals surface area contributed by atoms with E-state index in [4.69, 9.17) is 14.1 Å². The fourth-order valence-corrected chi connectivity index (χ4v) is 7.93. The van der Waals surface area contributed by atoms with Crippen LogP contribution in [0, 0.1) is 8.99 Å². The van der Waals surface area contributed by atoms with Crippen molar-refractivity contribution in [3.63, 3.8) is 0 Å². The molecule has 0 amide bonds. The van der Waals surface area contributed by atoms with Crippen molar-refractivity contribution >= 4 is 30.9 Å². The third-order valence-electron chi connectivity index (χ3n) is 8.70. The van der Waals surface area contributed by atoms with Crippen molar-refractivity contribution in [2.75, 3.05) is 13.2 Å². The van der Waals surface area contributed by atoms with E-state index in [1.807, 2.05) is 0 Å². The standard InChI is InChI=1S/C30H41F3INO3Si/c1-28(2,3)39(6,7)38-22-17-29(4,5)16-21-23(22)25(34)24(26(35-21)18-12-14-37-15-13-18)27(36)19-8-10-20(11-9-19)30(31,32)33/h8-11,18,22,27,36H,12-17H2,1-7H3/t22-,27-/m0/s1. The summed E-state index contributed by atoms with van der Waals surface area (Å²) in [5.41, 5.74) is 3.29. The number of fused-ring (bicyclic) bond motifs is 1. The maximum atomic E-state index is 13.2. The number of rotatable bonds is 5. The van der Waals surface area contributed by atoms with Crippen LogP contribution in [0.25, 0.3) is 0 Å². The second-order valence-electron chi connectivity index (χ2n) is 13.4. The number of benzene rings is 1. The van der Waals surface area contributed by atoms with Gasteiger partial charge in [-0.25, -0.2) is 0 Å². The predicted molar refractivity (Wildman–Crippen MR) is 158 cm³/mol. The molecule has 1 aromatic carbocycles. The quantitative estimate of drug-likeness (QED) is 0.255. The van der Waals surface area contributed by atoms with Gasteiger partial charge in [0, 0.05) is 39.5 Å². The largest absolute Gasteiger partial charge is 0.416 e. The molecule has 4 nitrogen and oxygen atoms in total. The number of pyridine rings is 1. The fraction of sp³-hybridized carbons (Fsp3) is 0.633. The van der Waals surface area contributed by atoms with Gasteiger partial charge in [-0.15, -0.1) is 0 Å². The van der Waals surface area contributed by atoms with Crippen molar-refractivity contribution in [3.05, 3.63) is 61.5 Å². The molecule has 0 saturated carbocycles. The lowest BCUT2D eigenvalue weighted by Gasteiger charge is -2.45. The van der Waals surface area contributed by atoms with E-state index in [0.29, 0.717) is 24.3 Å². The zero-order valence-corrected chi connectivity index (χ0v) is 27.2. The van der Waals surface area contributed by atoms with Crippen LogP contribution in [-0.4, -0.2) is 31.6 Å². The van der Waals surface area contributed by atoms with Crippen LogP contribution in [0.3, 0.4) is 0 Å². The molecule has 216 valence electrons. The van der Waals surface area contributed by atoms with Gasteiger partial charge in [-0.3, -0.25) is 4.98 Å². The van der Waals surface area contributed by atoms with Crippen molar-refractivity contribution in [1.29, 1.82) is 0 Å². The van der Waals surface area contributed by atoms with E-state index in [1.54, 1.807) is 0 Å². The van der Waals surface area contributed by atoms with Gasteiger partial charge in [0.05, 0.1) is 17.4 Å². The minimum Gasteiger partial charge on any atom is -0.410 e. The van der Waals surface area contributed by atoms with Crippen molar-refractivity contribution in [2.45, 2.75) is 103 Å². The number of aliphatic hydroxyl groups is 1. The summed E-state index contributed by atoms with van der Waals surface area (Å²) >= 11 is 2.33. The molecule has 1 aliphatic carbocycles. The number of halogens is 4. The van der Waals surface area contributed by atoms with Gasteiger partial charge in [0.2, 0.25) is 0 Å². The Bertz CT molecular complexity index is 1190. The Hall–Kier alpha value is -1.01. The first-order valence-corrected chi connectivity index (χ1v) is 17.7. The van der Waals surface area contributed by atoms with Crippen molar-refractivity contribution in [3.8, 4) is 0 Å². The Balaban J connectivity index is 1.88. The third kappa shape index (κ3) is 6.57. The maximum Gasteiger partial charge on any atom is 0.416 e. The first kappa shape index (κ1) is 30.9. The first-order valence-electron chi connectivity index (χ1n) is 13.7. The number of alkyl halides is 3. The smallest absolute Gasteiger partial charge is 0.410 e. The van der Waals surface area contributed by atoms with Crippen molar-refractivity contribution in [2.24, 2.45) is 5.41 Å². The zero-order chi connectivity index (χ0) is 29.0. The van der Waals surface area contributed by atoms with E-state index in [9.17, 15) is 18.3 Å². The average molecular weight is 676 g/mol. The third-order valence-corrected chi connectivity index (χ3v) is 14.3. The van der Waals surface area contributed by atoms with Gasteiger partial charge in [-0.05, 0) is 89.5 Å². The molecule has 2 heterocycles. The SMILES string of the molecule is CC1(C)Cc2nc(C3CCOCC3)c([C@@H](O)c3ccc(C(F)(F)F)cc3)c(I)c2[C@@H](O[Si](C)(C)C(C)(C)C)C1. The summed E-state index contributed by atoms with van der Waals surface area (Å²) in [6.45, 7) is 16.9. The molecule has 2 aromatic rings. The number of hydrogen-bond acceptors (Lipinski definition) is 4. The Kier molecular flexibility index (Phi) is 8.73. The Morgan fingerprint density at radius 3 is 2.23 bits per heavy atom. The molecule has 0 bridgehead atoms. The number of aromatic nitrogens is 1. The van der Waals surface area contributed by atoms with E-state index < -0.39 is 26.2 Å². The van der Waals surface area contributed by atoms with Gasteiger partial charge in [0.15, 0.2) is 8.32 Å². The van der Waals surface area contributed by atoms with Crippen molar-refractivity contribution < 1.29 is 27.4 Å². The van der Waals surface area contributed by atoms with Crippen LogP contribution in [-0.2, 0) is 21.8 Å². The highest BCUT2D eigenvalue weighted by atomic mass is 127. The van der Waals surface area contributed by atoms with Gasteiger partial charge in [0.25, 0.3) is 0 Å². The summed E-state index contributed by atoms with van der Waals surface area (Å²) in [6.07, 6.45) is -2.45. The van der Waals surface area contributed by atoms with Crippen molar-refractivity contribution in [1.82, 2.24) is 4.98 Å². The lowest BCUT2D eigenvalue weighted by Crippen LogP contribution is -2.44. The Labute approximate surface area is 245 Å². The van der Waals surface area contributed by atoms with Crippen LogP contribution >= 0.6 is 22.6 Å². The van der Waals surface area contributed by atoms with Gasteiger partial charge >= 0.3 is 6.18 Å². The van der Waals surface area contributed by atoms with E-state index in [1.165, 1.54) is 12.1 Å². The van der Waals surface area contributed by atoms with Crippen LogP contribution in [0.1, 0.15) is 106 Å². The summed E-state index contributed by atoms with van der Waals surface area (Å²) in [5.74, 6) is 0.112. The van der Waals surface area contributed by atoms with Crippen LogP contribution in [0.5, 0.6) is 0 Å². The normalized spacial score (nSPS) is 21.5. The molecule has 2 aliphatic rings. The van der Waals surface area contributed by atoms with E-state index >= 15 is 0 Å². The predicted octanol–water partition coefficient (Wildman–Crippen LogP) is 8.72. The minimum atomic E-state index is -4.43. The molecule has 1 aromatic heterocycles. The first-order chi connectivity index (χ1) is 17.9. The summed E-state index contributed by atoms with van der Waals surface area (Å²) in [5, 5.41) is 11.8. The van der Waals surface area contributed by atoms with Gasteiger partial charge in [-0.1, -0.05) is 46.8 Å². The van der Waals surface area contributed by atoms with Gasteiger partial charge < -0.3 is 14.3 Å². The van der Waals surface area contributed by atoms with E-state index in [0.717, 1.165) is 58.3 Å². The van der Waals surface area contributed by atoms with Crippen LogP contribution in [0.4, 0.5) is 13.2 Å². The highest BCUT2D eigenvalue weighted by molar-refractivity contribution is 14.1. The van der Waals surface area contributed by atoms with E-state index in [2.05, 4.69) is 70.3 Å². The Morgan fingerprint density at radius 1 is 1.10 bits per heavy atom. The van der Waals surface area contributed by atoms with Crippen LogP contribution < -0.4 is 0 Å². The molecule has 0 radical (unpaired) electrons. The highest BCUT2D eigenvalue weighted by Crippen LogP contribution is 2.50. The van der Waals surface area contributed by atoms with Gasteiger partial charge in [-0.2, -0.15) is 13.2 Å². The molecule has 1 N–H and O–H groups in total. The number of aliphatic hydroxyl groups excluding tert-OH is 1. The molecule has 0 spiro atoms. The second-order valence-corrected chi connectivity index (χ2v) is 19.2. The average Bonchev–Trinajstić information content (AvgIpc) is 2.81. The number of ether oxygens (including phenoxy) is 1. The minimum absolute atomic E-state index is 0.00336. The molecular formula is C30H41F3INO3Si. The maximum absolute atomic E-state index is 13.2. The highest BCUT2D eigenvalue weighted by Gasteiger charge is 2.45. The summed E-state index contributed by atoms with van der Waals surface area (Å²) in [7, 11) is -2.14. The number of hydrogen-bond donors (Lipinski definition) is 1. The molecule has 9 heteroatoms. The molecule has 2 atom stereocenters. The zero-order valence-electron chi connectivity index (χ0n) is 24.0. The summed E-state index contributed by atoms with van der Waals surface area (Å²) < 4.78 is 53.3.